The fourth-order valence-corrected chi connectivity index (χ4v) is 1.16. The number of aromatic nitrogens is 2. The van der Waals surface area contributed by atoms with Crippen molar-refractivity contribution >= 4 is 11.5 Å². The molecular weight excluding hydrogens is 190 g/mol. The molecule has 0 fully saturated rings. The summed E-state index contributed by atoms with van der Waals surface area (Å²) in [5, 5.41) is 10.9. The van der Waals surface area contributed by atoms with E-state index in [0.717, 1.165) is 5.69 Å². The highest BCUT2D eigenvalue weighted by atomic mass is 16.5. The van der Waals surface area contributed by atoms with Gasteiger partial charge in [-0.05, 0) is 18.2 Å². The van der Waals surface area contributed by atoms with Crippen molar-refractivity contribution in [3.05, 3.63) is 42.5 Å². The quantitative estimate of drug-likeness (QED) is 0.827. The number of nitrogens with one attached hydrogen (secondary N) is 1. The van der Waals surface area contributed by atoms with E-state index in [9.17, 15) is 0 Å². The normalized spacial score (nSPS) is 9.67. The van der Waals surface area contributed by atoms with E-state index in [1.165, 1.54) is 0 Å². The zero-order valence-electron chi connectivity index (χ0n) is 8.34. The first-order valence-electron chi connectivity index (χ1n) is 4.58. The van der Waals surface area contributed by atoms with E-state index < -0.39 is 0 Å². The molecule has 1 aromatic carbocycles. The molecule has 4 nitrogen and oxygen atoms in total. The molecule has 0 aliphatic heterocycles. The van der Waals surface area contributed by atoms with Gasteiger partial charge in [-0.1, -0.05) is 18.2 Å². The van der Waals surface area contributed by atoms with Crippen LogP contribution in [0.2, 0.25) is 0 Å². The lowest BCUT2D eigenvalue weighted by atomic mass is 10.3. The number of hydrogen-bond donors (Lipinski definition) is 1. The average molecular weight is 201 g/mol. The summed E-state index contributed by atoms with van der Waals surface area (Å²) in [6, 6.07) is 13.4. The summed E-state index contributed by atoms with van der Waals surface area (Å²) in [4.78, 5) is 0. The van der Waals surface area contributed by atoms with Gasteiger partial charge in [0.05, 0.1) is 7.11 Å². The van der Waals surface area contributed by atoms with Crippen LogP contribution in [0.5, 0.6) is 5.88 Å². The second kappa shape index (κ2) is 4.41. The van der Waals surface area contributed by atoms with E-state index in [1.807, 2.05) is 36.4 Å². The van der Waals surface area contributed by atoms with Gasteiger partial charge in [0.25, 0.3) is 0 Å². The molecule has 76 valence electrons. The zero-order valence-corrected chi connectivity index (χ0v) is 8.34. The van der Waals surface area contributed by atoms with Gasteiger partial charge in [-0.2, -0.15) is 0 Å². The molecule has 4 heteroatoms. The molecular formula is C11H11N3O. The van der Waals surface area contributed by atoms with Gasteiger partial charge in [0, 0.05) is 11.8 Å². The fraction of sp³-hybridized carbons (Fsp3) is 0.0909. The van der Waals surface area contributed by atoms with Crippen molar-refractivity contribution in [3.8, 4) is 5.88 Å². The zero-order chi connectivity index (χ0) is 10.5. The number of benzene rings is 1. The first kappa shape index (κ1) is 9.45. The van der Waals surface area contributed by atoms with E-state index in [2.05, 4.69) is 15.5 Å². The van der Waals surface area contributed by atoms with E-state index in [0.29, 0.717) is 11.7 Å². The van der Waals surface area contributed by atoms with Crippen molar-refractivity contribution in [2.75, 3.05) is 12.4 Å². The molecule has 2 aromatic rings. The monoisotopic (exact) mass is 201 g/mol. The number of rotatable bonds is 3. The van der Waals surface area contributed by atoms with Gasteiger partial charge >= 0.3 is 0 Å². The second-order valence-electron chi connectivity index (χ2n) is 2.95. The Bertz CT molecular complexity index is 414. The Morgan fingerprint density at radius 2 is 1.80 bits per heavy atom. The Kier molecular flexibility index (Phi) is 2.78. The SMILES string of the molecule is COc1ccc(Nc2ccccc2)nn1. The summed E-state index contributed by atoms with van der Waals surface area (Å²) < 4.78 is 4.92. The molecule has 0 unspecified atom stereocenters. The lowest BCUT2D eigenvalue weighted by Crippen LogP contribution is -1.96. The minimum absolute atomic E-state index is 0.508. The van der Waals surface area contributed by atoms with Crippen molar-refractivity contribution in [1.29, 1.82) is 0 Å². The summed E-state index contributed by atoms with van der Waals surface area (Å²) in [5.41, 5.74) is 0.983. The van der Waals surface area contributed by atoms with Crippen molar-refractivity contribution in [3.63, 3.8) is 0 Å². The number of ether oxygens (including phenoxy) is 1. The van der Waals surface area contributed by atoms with Gasteiger partial charge in [0.2, 0.25) is 5.88 Å². The highest BCUT2D eigenvalue weighted by molar-refractivity contribution is 5.55. The first-order valence-corrected chi connectivity index (χ1v) is 4.58. The van der Waals surface area contributed by atoms with Crippen molar-refractivity contribution in [1.82, 2.24) is 10.2 Å². The number of nitrogens with zero attached hydrogens (tertiary/aromatic N) is 2. The first-order chi connectivity index (χ1) is 7.38. The highest BCUT2D eigenvalue weighted by Crippen LogP contribution is 2.14. The molecule has 0 saturated carbocycles. The van der Waals surface area contributed by atoms with Gasteiger partial charge in [0.15, 0.2) is 5.82 Å². The molecule has 1 aromatic heterocycles. The molecule has 0 amide bonds. The molecule has 0 radical (unpaired) electrons. The Morgan fingerprint density at radius 1 is 1.00 bits per heavy atom. The van der Waals surface area contributed by atoms with Gasteiger partial charge in [-0.3, -0.25) is 0 Å². The van der Waals surface area contributed by atoms with E-state index in [-0.39, 0.29) is 0 Å². The largest absolute Gasteiger partial charge is 0.480 e. The molecule has 2 rings (SSSR count). The second-order valence-corrected chi connectivity index (χ2v) is 2.95. The summed E-state index contributed by atoms with van der Waals surface area (Å²) >= 11 is 0. The predicted octanol–water partition coefficient (Wildman–Crippen LogP) is 2.23. The molecule has 0 aliphatic rings. The lowest BCUT2D eigenvalue weighted by Gasteiger charge is -2.04. The Hall–Kier alpha value is -2.10. The minimum Gasteiger partial charge on any atom is -0.480 e. The van der Waals surface area contributed by atoms with Crippen LogP contribution >= 0.6 is 0 Å². The van der Waals surface area contributed by atoms with Crippen LogP contribution in [-0.4, -0.2) is 17.3 Å². The summed E-state index contributed by atoms with van der Waals surface area (Å²) in [6.45, 7) is 0. The number of para-hydroxylation sites is 1. The van der Waals surface area contributed by atoms with Gasteiger partial charge in [0.1, 0.15) is 0 Å². The number of anilines is 2. The third-order valence-corrected chi connectivity index (χ3v) is 1.90. The number of hydrogen-bond acceptors (Lipinski definition) is 4. The summed E-state index contributed by atoms with van der Waals surface area (Å²) in [6.07, 6.45) is 0. The van der Waals surface area contributed by atoms with E-state index in [1.54, 1.807) is 13.2 Å². The van der Waals surface area contributed by atoms with Crippen LogP contribution in [0.4, 0.5) is 11.5 Å². The third-order valence-electron chi connectivity index (χ3n) is 1.90. The molecule has 1 heterocycles. The Morgan fingerprint density at radius 3 is 2.40 bits per heavy atom. The van der Waals surface area contributed by atoms with Crippen LogP contribution in [0.1, 0.15) is 0 Å². The molecule has 0 atom stereocenters. The Labute approximate surface area is 87.9 Å². The standard InChI is InChI=1S/C11H11N3O/c1-15-11-8-7-10(13-14-11)12-9-5-3-2-4-6-9/h2-8H,1H3,(H,12,13). The Balaban J connectivity index is 2.11. The maximum atomic E-state index is 4.92. The molecule has 15 heavy (non-hydrogen) atoms. The van der Waals surface area contributed by atoms with Crippen LogP contribution in [-0.2, 0) is 0 Å². The smallest absolute Gasteiger partial charge is 0.233 e. The van der Waals surface area contributed by atoms with E-state index in [4.69, 9.17) is 4.74 Å². The third kappa shape index (κ3) is 2.43. The van der Waals surface area contributed by atoms with Crippen LogP contribution < -0.4 is 10.1 Å². The van der Waals surface area contributed by atoms with Crippen molar-refractivity contribution in [2.24, 2.45) is 0 Å². The highest BCUT2D eigenvalue weighted by Gasteiger charge is 1.96. The molecule has 0 saturated heterocycles. The van der Waals surface area contributed by atoms with E-state index >= 15 is 0 Å². The molecule has 0 aliphatic carbocycles. The van der Waals surface area contributed by atoms with Crippen LogP contribution in [0.25, 0.3) is 0 Å². The van der Waals surface area contributed by atoms with Gasteiger partial charge < -0.3 is 10.1 Å². The maximum absolute atomic E-state index is 4.92. The molecule has 0 spiro atoms. The van der Waals surface area contributed by atoms with Gasteiger partial charge in [-0.25, -0.2) is 0 Å². The van der Waals surface area contributed by atoms with Crippen molar-refractivity contribution in [2.45, 2.75) is 0 Å². The summed E-state index contributed by atoms with van der Waals surface area (Å²) in [7, 11) is 1.56. The lowest BCUT2D eigenvalue weighted by molar-refractivity contribution is 0.392. The van der Waals surface area contributed by atoms with Gasteiger partial charge in [-0.15, -0.1) is 10.2 Å². The minimum atomic E-state index is 0.508. The van der Waals surface area contributed by atoms with Crippen LogP contribution in [0, 0.1) is 0 Å². The number of methoxy groups -OCH3 is 1. The maximum Gasteiger partial charge on any atom is 0.233 e. The topological polar surface area (TPSA) is 47.0 Å². The fourth-order valence-electron chi connectivity index (χ4n) is 1.16. The van der Waals surface area contributed by atoms with Crippen LogP contribution in [0.15, 0.2) is 42.5 Å². The molecule has 0 bridgehead atoms. The van der Waals surface area contributed by atoms with Crippen molar-refractivity contribution < 1.29 is 4.74 Å². The molecule has 1 N–H and O–H groups in total. The average Bonchev–Trinajstić information content (AvgIpc) is 2.31. The van der Waals surface area contributed by atoms with Crippen LogP contribution in [0.3, 0.4) is 0 Å². The summed E-state index contributed by atoms with van der Waals surface area (Å²) in [5.74, 6) is 1.20. The predicted molar refractivity (Wildman–Crippen MR) is 58.3 cm³/mol.